The van der Waals surface area contributed by atoms with Crippen molar-refractivity contribution in [1.29, 1.82) is 0 Å². The molecule has 0 spiro atoms. The third kappa shape index (κ3) is 4.99. The molecule has 1 aromatic heterocycles. The fourth-order valence-corrected chi connectivity index (χ4v) is 3.57. The van der Waals surface area contributed by atoms with E-state index in [9.17, 15) is 4.79 Å². The number of ether oxygens (including phenoxy) is 4. The summed E-state index contributed by atoms with van der Waals surface area (Å²) in [6.07, 6.45) is 5.00. The number of fused-ring (bicyclic) bond motifs is 1. The molecule has 0 N–H and O–H groups in total. The molecule has 1 fully saturated rings. The van der Waals surface area contributed by atoms with Gasteiger partial charge in [0.2, 0.25) is 0 Å². The molecule has 1 unspecified atom stereocenters. The molecular formula is C21H28ClNO5. The van der Waals surface area contributed by atoms with Gasteiger partial charge < -0.3 is 23.5 Å². The van der Waals surface area contributed by atoms with Gasteiger partial charge in [-0.3, -0.25) is 0 Å². The van der Waals surface area contributed by atoms with E-state index in [4.69, 9.17) is 30.5 Å². The van der Waals surface area contributed by atoms with Crippen molar-refractivity contribution in [3.05, 3.63) is 28.9 Å². The predicted molar refractivity (Wildman–Crippen MR) is 108 cm³/mol. The number of unbranched alkanes of at least 4 members (excludes halogenated alkanes) is 1. The second kappa shape index (κ2) is 10.1. The Hall–Kier alpha value is -1.76. The van der Waals surface area contributed by atoms with Crippen LogP contribution in [0.5, 0.6) is 5.75 Å². The van der Waals surface area contributed by atoms with E-state index < -0.39 is 0 Å². The molecule has 28 heavy (non-hydrogen) atoms. The fraction of sp³-hybridized carbons (Fsp3) is 0.571. The lowest BCUT2D eigenvalue weighted by Gasteiger charge is -2.22. The van der Waals surface area contributed by atoms with Crippen LogP contribution in [-0.4, -0.2) is 43.3 Å². The van der Waals surface area contributed by atoms with Crippen molar-refractivity contribution in [1.82, 2.24) is 4.57 Å². The third-order valence-corrected chi connectivity index (χ3v) is 5.16. The van der Waals surface area contributed by atoms with Crippen LogP contribution in [0.1, 0.15) is 49.5 Å². The lowest BCUT2D eigenvalue weighted by molar-refractivity contribution is -0.162. The summed E-state index contributed by atoms with van der Waals surface area (Å²) in [6, 6.07) is 5.38. The van der Waals surface area contributed by atoms with Gasteiger partial charge in [0, 0.05) is 25.6 Å². The van der Waals surface area contributed by atoms with Gasteiger partial charge in [0.25, 0.3) is 0 Å². The highest BCUT2D eigenvalue weighted by atomic mass is 35.5. The van der Waals surface area contributed by atoms with Gasteiger partial charge in [-0.05, 0) is 57.2 Å². The van der Waals surface area contributed by atoms with Gasteiger partial charge >= 0.3 is 5.97 Å². The number of aryl methyl sites for hydroxylation is 1. The Kier molecular flexibility index (Phi) is 7.59. The minimum absolute atomic E-state index is 0.0461. The van der Waals surface area contributed by atoms with Crippen molar-refractivity contribution in [2.75, 3.05) is 26.4 Å². The molecule has 3 rings (SSSR count). The Morgan fingerprint density at radius 1 is 1.29 bits per heavy atom. The Bertz CT molecular complexity index is 798. The maximum Gasteiger partial charge on any atom is 0.354 e. The van der Waals surface area contributed by atoms with Crippen LogP contribution in [0.3, 0.4) is 0 Å². The van der Waals surface area contributed by atoms with Crippen molar-refractivity contribution < 1.29 is 23.7 Å². The molecule has 2 aromatic rings. The summed E-state index contributed by atoms with van der Waals surface area (Å²) in [5, 5.41) is 1.36. The Morgan fingerprint density at radius 2 is 2.11 bits per heavy atom. The fourth-order valence-electron chi connectivity index (χ4n) is 3.36. The first-order chi connectivity index (χ1) is 13.6. The molecule has 0 amide bonds. The minimum atomic E-state index is -0.370. The van der Waals surface area contributed by atoms with E-state index in [1.807, 2.05) is 13.1 Å². The van der Waals surface area contributed by atoms with Crippen LogP contribution < -0.4 is 4.74 Å². The summed E-state index contributed by atoms with van der Waals surface area (Å²) >= 11 is 6.32. The van der Waals surface area contributed by atoms with Crippen LogP contribution in [0.25, 0.3) is 10.9 Å². The molecule has 1 atom stereocenters. The van der Waals surface area contributed by atoms with Crippen molar-refractivity contribution in [2.45, 2.75) is 45.3 Å². The van der Waals surface area contributed by atoms with Gasteiger partial charge in [0.1, 0.15) is 11.4 Å². The summed E-state index contributed by atoms with van der Waals surface area (Å²) in [4.78, 5) is 12.2. The Labute approximate surface area is 170 Å². The molecule has 1 aliphatic rings. The second-order valence-corrected chi connectivity index (χ2v) is 7.25. The first-order valence-electron chi connectivity index (χ1n) is 9.93. The van der Waals surface area contributed by atoms with E-state index in [-0.39, 0.29) is 12.3 Å². The van der Waals surface area contributed by atoms with Gasteiger partial charge in [0.05, 0.1) is 23.8 Å². The van der Waals surface area contributed by atoms with Crippen molar-refractivity contribution in [3.8, 4) is 5.75 Å². The highest BCUT2D eigenvalue weighted by Gasteiger charge is 2.19. The molecule has 2 heterocycles. The number of hydrogen-bond acceptors (Lipinski definition) is 5. The molecule has 0 aliphatic carbocycles. The van der Waals surface area contributed by atoms with Crippen LogP contribution in [0.2, 0.25) is 5.02 Å². The van der Waals surface area contributed by atoms with Crippen LogP contribution in [0.4, 0.5) is 0 Å². The maximum absolute atomic E-state index is 12.2. The zero-order valence-electron chi connectivity index (χ0n) is 16.5. The number of rotatable bonds is 9. The molecule has 1 saturated heterocycles. The highest BCUT2D eigenvalue weighted by Crippen LogP contribution is 2.34. The predicted octanol–water partition coefficient (Wildman–Crippen LogP) is 4.71. The average Bonchev–Trinajstić information content (AvgIpc) is 3.06. The zero-order chi connectivity index (χ0) is 19.9. The summed E-state index contributed by atoms with van der Waals surface area (Å²) in [7, 11) is 1.82. The number of benzene rings is 1. The average molecular weight is 410 g/mol. The van der Waals surface area contributed by atoms with E-state index in [2.05, 4.69) is 0 Å². The molecule has 154 valence electrons. The lowest BCUT2D eigenvalue weighted by Crippen LogP contribution is -2.22. The van der Waals surface area contributed by atoms with Crippen LogP contribution in [0, 0.1) is 0 Å². The highest BCUT2D eigenvalue weighted by molar-refractivity contribution is 6.35. The molecule has 1 aliphatic heterocycles. The molecule has 7 heteroatoms. The van der Waals surface area contributed by atoms with Gasteiger partial charge in [-0.25, -0.2) is 4.79 Å². The number of carbonyl (C=O) groups excluding carboxylic acids is 1. The molecular weight excluding hydrogens is 382 g/mol. The summed E-state index contributed by atoms with van der Waals surface area (Å²) in [5.74, 6) is 0.333. The van der Waals surface area contributed by atoms with E-state index in [0.717, 1.165) is 43.2 Å². The van der Waals surface area contributed by atoms with Gasteiger partial charge in [-0.1, -0.05) is 11.6 Å². The van der Waals surface area contributed by atoms with Crippen LogP contribution >= 0.6 is 11.6 Å². The molecule has 6 nitrogen and oxygen atoms in total. The number of carbonyl (C=O) groups is 1. The van der Waals surface area contributed by atoms with Gasteiger partial charge in [-0.15, -0.1) is 0 Å². The monoisotopic (exact) mass is 409 g/mol. The number of nitrogens with zero attached hydrogens (tertiary/aromatic N) is 1. The largest absolute Gasteiger partial charge is 0.491 e. The number of halogens is 1. The molecule has 0 saturated carbocycles. The smallest absolute Gasteiger partial charge is 0.354 e. The van der Waals surface area contributed by atoms with E-state index in [0.29, 0.717) is 36.3 Å². The third-order valence-electron chi connectivity index (χ3n) is 4.83. The number of hydrogen-bond donors (Lipinski definition) is 0. The van der Waals surface area contributed by atoms with E-state index >= 15 is 0 Å². The van der Waals surface area contributed by atoms with E-state index in [1.165, 1.54) is 6.42 Å². The Morgan fingerprint density at radius 3 is 2.86 bits per heavy atom. The summed E-state index contributed by atoms with van der Waals surface area (Å²) in [5.41, 5.74) is 1.25. The summed E-state index contributed by atoms with van der Waals surface area (Å²) in [6.45, 7) is 4.13. The second-order valence-electron chi connectivity index (χ2n) is 6.84. The normalized spacial score (nSPS) is 17.0. The van der Waals surface area contributed by atoms with Crippen molar-refractivity contribution >= 4 is 28.5 Å². The van der Waals surface area contributed by atoms with E-state index in [1.54, 1.807) is 23.6 Å². The standard InChI is InChI=1S/C21H28ClNO5/c1-3-25-21(24)17-14-15-16(22)9-10-18(20(15)23(17)2)26-11-6-7-13-28-19-8-4-5-12-27-19/h9-10,14,19H,3-8,11-13H2,1-2H3. The molecule has 0 radical (unpaired) electrons. The Balaban J connectivity index is 1.57. The van der Waals surface area contributed by atoms with Gasteiger partial charge in [0.15, 0.2) is 6.29 Å². The quantitative estimate of drug-likeness (QED) is 0.443. The van der Waals surface area contributed by atoms with Crippen molar-refractivity contribution in [2.24, 2.45) is 7.05 Å². The molecule has 1 aromatic carbocycles. The maximum atomic E-state index is 12.2. The molecule has 0 bridgehead atoms. The zero-order valence-corrected chi connectivity index (χ0v) is 17.3. The van der Waals surface area contributed by atoms with Crippen LogP contribution in [-0.2, 0) is 21.3 Å². The first-order valence-corrected chi connectivity index (χ1v) is 10.3. The van der Waals surface area contributed by atoms with Gasteiger partial charge in [-0.2, -0.15) is 0 Å². The van der Waals surface area contributed by atoms with Crippen LogP contribution in [0.15, 0.2) is 18.2 Å². The first kappa shape index (κ1) is 21.0. The number of esters is 1. The lowest BCUT2D eigenvalue weighted by atomic mass is 10.2. The minimum Gasteiger partial charge on any atom is -0.491 e. The number of aromatic nitrogens is 1. The van der Waals surface area contributed by atoms with Crippen molar-refractivity contribution in [3.63, 3.8) is 0 Å². The SMILES string of the molecule is CCOC(=O)c1cc2c(Cl)ccc(OCCCCOC3CCCCO3)c2n1C. The topological polar surface area (TPSA) is 58.9 Å². The summed E-state index contributed by atoms with van der Waals surface area (Å²) < 4.78 is 24.2.